The first-order chi connectivity index (χ1) is 13.4. The molecular formula is C25H42N2. The quantitative estimate of drug-likeness (QED) is 0.292. The summed E-state index contributed by atoms with van der Waals surface area (Å²) in [5.41, 5.74) is 1.32. The van der Waals surface area contributed by atoms with E-state index >= 15 is 0 Å². The van der Waals surface area contributed by atoms with E-state index in [1.54, 1.807) is 0 Å². The Labute approximate surface area is 168 Å². The summed E-state index contributed by atoms with van der Waals surface area (Å²) in [4.78, 5) is 5.04. The fourth-order valence-electron chi connectivity index (χ4n) is 4.07. The molecule has 0 aromatic heterocycles. The molecule has 0 N–H and O–H groups in total. The average Bonchev–Trinajstić information content (AvgIpc) is 3.11. The van der Waals surface area contributed by atoms with E-state index in [1.807, 2.05) is 0 Å². The molecule has 0 saturated heterocycles. The second-order valence-electron chi connectivity index (χ2n) is 8.08. The number of unbranched alkanes of at least 4 members (excludes halogenated alkanes) is 10. The lowest BCUT2D eigenvalue weighted by molar-refractivity contribution is 0.274. The molecule has 2 rings (SSSR count). The third-order valence-corrected chi connectivity index (χ3v) is 5.76. The van der Waals surface area contributed by atoms with Crippen molar-refractivity contribution in [3.63, 3.8) is 0 Å². The van der Waals surface area contributed by atoms with Crippen molar-refractivity contribution < 1.29 is 0 Å². The van der Waals surface area contributed by atoms with E-state index in [1.165, 1.54) is 95.7 Å². The van der Waals surface area contributed by atoms with Gasteiger partial charge in [-0.1, -0.05) is 96.3 Å². The molecule has 0 saturated carbocycles. The Kier molecular flexibility index (Phi) is 11.1. The summed E-state index contributed by atoms with van der Waals surface area (Å²) in [5, 5.41) is 0. The standard InChI is InChI=1S/C25H42N2/c1-3-5-7-8-9-10-11-12-13-17-21-26-22-23-27(25(26)20-6-4-2)24-18-15-14-16-19-24/h14-16,18-19,22-23,25H,3-13,17,20-21H2,1-2H3. The van der Waals surface area contributed by atoms with Crippen LogP contribution in [0, 0.1) is 0 Å². The lowest BCUT2D eigenvalue weighted by Gasteiger charge is -2.33. The van der Waals surface area contributed by atoms with Gasteiger partial charge >= 0.3 is 0 Å². The Bertz CT molecular complexity index is 496. The van der Waals surface area contributed by atoms with Crippen LogP contribution in [0.15, 0.2) is 42.7 Å². The van der Waals surface area contributed by atoms with Crippen molar-refractivity contribution in [2.75, 3.05) is 11.4 Å². The van der Waals surface area contributed by atoms with Gasteiger partial charge in [-0.05, 0) is 31.4 Å². The Morgan fingerprint density at radius 1 is 0.667 bits per heavy atom. The number of hydrogen-bond acceptors (Lipinski definition) is 2. The summed E-state index contributed by atoms with van der Waals surface area (Å²) in [5.74, 6) is 0. The van der Waals surface area contributed by atoms with Crippen LogP contribution in [0.1, 0.15) is 97.3 Å². The van der Waals surface area contributed by atoms with Crippen molar-refractivity contribution in [3.05, 3.63) is 42.7 Å². The monoisotopic (exact) mass is 370 g/mol. The molecule has 152 valence electrons. The Morgan fingerprint density at radius 2 is 1.26 bits per heavy atom. The molecule has 0 fully saturated rings. The lowest BCUT2D eigenvalue weighted by Crippen LogP contribution is -2.39. The first-order valence-corrected chi connectivity index (χ1v) is 11.6. The minimum Gasteiger partial charge on any atom is -0.356 e. The maximum atomic E-state index is 2.58. The number of anilines is 1. The fraction of sp³-hybridized carbons (Fsp3) is 0.680. The number of nitrogens with zero attached hydrogens (tertiary/aromatic N) is 2. The zero-order chi connectivity index (χ0) is 19.2. The second-order valence-corrected chi connectivity index (χ2v) is 8.08. The zero-order valence-corrected chi connectivity index (χ0v) is 17.9. The van der Waals surface area contributed by atoms with E-state index in [0.717, 1.165) is 0 Å². The third-order valence-electron chi connectivity index (χ3n) is 5.76. The van der Waals surface area contributed by atoms with Gasteiger partial charge in [-0.3, -0.25) is 0 Å². The van der Waals surface area contributed by atoms with Crippen LogP contribution in [-0.2, 0) is 0 Å². The van der Waals surface area contributed by atoms with Crippen LogP contribution in [0.4, 0.5) is 5.69 Å². The molecule has 0 spiro atoms. The molecular weight excluding hydrogens is 328 g/mol. The highest BCUT2D eigenvalue weighted by molar-refractivity contribution is 5.51. The van der Waals surface area contributed by atoms with E-state index < -0.39 is 0 Å². The fourth-order valence-corrected chi connectivity index (χ4v) is 4.07. The molecule has 1 aliphatic heterocycles. The van der Waals surface area contributed by atoms with Crippen molar-refractivity contribution in [3.8, 4) is 0 Å². The Balaban J connectivity index is 1.65. The highest BCUT2D eigenvalue weighted by Gasteiger charge is 2.26. The Hall–Kier alpha value is -1.44. The van der Waals surface area contributed by atoms with E-state index in [9.17, 15) is 0 Å². The molecule has 1 heterocycles. The summed E-state index contributed by atoms with van der Waals surface area (Å²) in [6, 6.07) is 10.8. The van der Waals surface area contributed by atoms with Gasteiger partial charge in [0.05, 0.1) is 0 Å². The summed E-state index contributed by atoms with van der Waals surface area (Å²) in [6.07, 6.45) is 23.0. The van der Waals surface area contributed by atoms with Gasteiger partial charge in [0.15, 0.2) is 0 Å². The highest BCUT2D eigenvalue weighted by Crippen LogP contribution is 2.27. The van der Waals surface area contributed by atoms with Crippen LogP contribution in [0.3, 0.4) is 0 Å². The average molecular weight is 371 g/mol. The molecule has 1 aliphatic rings. The van der Waals surface area contributed by atoms with Crippen LogP contribution in [0.25, 0.3) is 0 Å². The number of benzene rings is 1. The van der Waals surface area contributed by atoms with Gasteiger partial charge in [-0.2, -0.15) is 0 Å². The summed E-state index contributed by atoms with van der Waals surface area (Å²) in [6.45, 7) is 5.79. The van der Waals surface area contributed by atoms with Gasteiger partial charge in [0.2, 0.25) is 0 Å². The summed E-state index contributed by atoms with van der Waals surface area (Å²) < 4.78 is 0. The normalized spacial score (nSPS) is 16.4. The summed E-state index contributed by atoms with van der Waals surface area (Å²) in [7, 11) is 0. The molecule has 1 aromatic rings. The van der Waals surface area contributed by atoms with Crippen molar-refractivity contribution >= 4 is 5.69 Å². The molecule has 1 atom stereocenters. The molecule has 0 amide bonds. The smallest absolute Gasteiger partial charge is 0.105 e. The maximum Gasteiger partial charge on any atom is 0.105 e. The molecule has 2 heteroatoms. The Morgan fingerprint density at radius 3 is 1.89 bits per heavy atom. The van der Waals surface area contributed by atoms with Gasteiger partial charge in [0, 0.05) is 24.6 Å². The molecule has 1 aromatic carbocycles. The maximum absolute atomic E-state index is 2.58. The van der Waals surface area contributed by atoms with Crippen molar-refractivity contribution in [1.29, 1.82) is 0 Å². The van der Waals surface area contributed by atoms with Gasteiger partial charge in [0.25, 0.3) is 0 Å². The van der Waals surface area contributed by atoms with Gasteiger partial charge in [-0.25, -0.2) is 0 Å². The van der Waals surface area contributed by atoms with Gasteiger partial charge < -0.3 is 9.80 Å². The van der Waals surface area contributed by atoms with Crippen molar-refractivity contribution in [2.45, 2.75) is 103 Å². The summed E-state index contributed by atoms with van der Waals surface area (Å²) >= 11 is 0. The first kappa shape index (κ1) is 21.9. The van der Waals surface area contributed by atoms with Crippen LogP contribution >= 0.6 is 0 Å². The minimum atomic E-state index is 0.505. The van der Waals surface area contributed by atoms with E-state index in [0.29, 0.717) is 6.17 Å². The number of para-hydroxylation sites is 1. The molecule has 0 aliphatic carbocycles. The molecule has 2 nitrogen and oxygen atoms in total. The van der Waals surface area contributed by atoms with Crippen LogP contribution in [0.5, 0.6) is 0 Å². The SMILES string of the molecule is CCCCCCCCCCCCN1C=CN(c2ccccc2)C1CCCC. The predicted molar refractivity (Wildman–Crippen MR) is 120 cm³/mol. The third kappa shape index (κ3) is 7.99. The van der Waals surface area contributed by atoms with Crippen molar-refractivity contribution in [2.24, 2.45) is 0 Å². The predicted octanol–water partition coefficient (Wildman–Crippen LogP) is 7.72. The molecule has 0 radical (unpaired) electrons. The number of hydrogen-bond donors (Lipinski definition) is 0. The van der Waals surface area contributed by atoms with Crippen LogP contribution in [-0.4, -0.2) is 17.6 Å². The molecule has 1 unspecified atom stereocenters. The topological polar surface area (TPSA) is 6.48 Å². The van der Waals surface area contributed by atoms with E-state index in [2.05, 4.69) is 66.4 Å². The number of rotatable bonds is 15. The minimum absolute atomic E-state index is 0.505. The van der Waals surface area contributed by atoms with Gasteiger partial charge in [0.1, 0.15) is 6.17 Å². The van der Waals surface area contributed by atoms with Crippen molar-refractivity contribution in [1.82, 2.24) is 4.90 Å². The molecule has 0 bridgehead atoms. The zero-order valence-electron chi connectivity index (χ0n) is 17.9. The first-order valence-electron chi connectivity index (χ1n) is 11.6. The van der Waals surface area contributed by atoms with E-state index in [-0.39, 0.29) is 0 Å². The van der Waals surface area contributed by atoms with Crippen LogP contribution < -0.4 is 4.90 Å². The van der Waals surface area contributed by atoms with Gasteiger partial charge in [-0.15, -0.1) is 0 Å². The second kappa shape index (κ2) is 13.7. The largest absolute Gasteiger partial charge is 0.356 e. The molecule has 27 heavy (non-hydrogen) atoms. The van der Waals surface area contributed by atoms with Crippen LogP contribution in [0.2, 0.25) is 0 Å². The lowest BCUT2D eigenvalue weighted by atomic mass is 10.1. The van der Waals surface area contributed by atoms with E-state index in [4.69, 9.17) is 0 Å². The highest BCUT2D eigenvalue weighted by atomic mass is 15.4.